The Morgan fingerprint density at radius 2 is 2.31 bits per heavy atom. The fraction of sp³-hybridized carbons (Fsp3) is 0.182. The SMILES string of the molecule is CN1C=CC(c2ccccn2)=CC1. The Morgan fingerprint density at radius 3 is 2.92 bits per heavy atom. The minimum atomic E-state index is 0.961. The van der Waals surface area contributed by atoms with E-state index in [0.717, 1.165) is 12.2 Å². The van der Waals surface area contributed by atoms with Gasteiger partial charge in [-0.05, 0) is 30.0 Å². The van der Waals surface area contributed by atoms with Crippen LogP contribution in [0.15, 0.2) is 42.7 Å². The van der Waals surface area contributed by atoms with E-state index in [-0.39, 0.29) is 0 Å². The van der Waals surface area contributed by atoms with E-state index in [1.54, 1.807) is 0 Å². The number of pyridine rings is 1. The maximum atomic E-state index is 4.29. The third kappa shape index (κ3) is 1.78. The monoisotopic (exact) mass is 172 g/mol. The van der Waals surface area contributed by atoms with Crippen molar-refractivity contribution >= 4 is 5.57 Å². The zero-order valence-electron chi connectivity index (χ0n) is 7.64. The molecule has 1 aromatic heterocycles. The first-order valence-electron chi connectivity index (χ1n) is 4.36. The Hall–Kier alpha value is -1.57. The van der Waals surface area contributed by atoms with E-state index in [1.807, 2.05) is 24.4 Å². The predicted octanol–water partition coefficient (Wildman–Crippen LogP) is 1.92. The standard InChI is InChI=1S/C11H12N2/c1-13-8-5-10(6-9-13)11-4-2-3-7-12-11/h2-8H,9H2,1H3. The van der Waals surface area contributed by atoms with Crippen molar-refractivity contribution in [3.05, 3.63) is 48.4 Å². The van der Waals surface area contributed by atoms with Crippen LogP contribution in [0.2, 0.25) is 0 Å². The summed E-state index contributed by atoms with van der Waals surface area (Å²) in [7, 11) is 2.06. The van der Waals surface area contributed by atoms with Gasteiger partial charge in [0, 0.05) is 19.8 Å². The third-order valence-corrected chi connectivity index (χ3v) is 2.07. The van der Waals surface area contributed by atoms with Gasteiger partial charge in [-0.1, -0.05) is 12.1 Å². The maximum absolute atomic E-state index is 4.29. The van der Waals surface area contributed by atoms with Gasteiger partial charge in [-0.25, -0.2) is 0 Å². The third-order valence-electron chi connectivity index (χ3n) is 2.07. The molecule has 1 aliphatic rings. The molecule has 13 heavy (non-hydrogen) atoms. The summed E-state index contributed by atoms with van der Waals surface area (Å²) in [6, 6.07) is 5.97. The van der Waals surface area contributed by atoms with Crippen LogP contribution in [0.25, 0.3) is 5.57 Å². The molecule has 0 N–H and O–H groups in total. The van der Waals surface area contributed by atoms with Crippen molar-refractivity contribution in [1.82, 2.24) is 9.88 Å². The summed E-state index contributed by atoms with van der Waals surface area (Å²) < 4.78 is 0. The lowest BCUT2D eigenvalue weighted by atomic mass is 10.1. The molecule has 0 radical (unpaired) electrons. The molecule has 0 saturated carbocycles. The summed E-state index contributed by atoms with van der Waals surface area (Å²) >= 11 is 0. The van der Waals surface area contributed by atoms with Crippen molar-refractivity contribution in [2.24, 2.45) is 0 Å². The molecule has 0 unspecified atom stereocenters. The second-order valence-electron chi connectivity index (χ2n) is 3.13. The van der Waals surface area contributed by atoms with E-state index in [9.17, 15) is 0 Å². The number of likely N-dealkylation sites (N-methyl/N-ethyl adjacent to an activating group) is 1. The van der Waals surface area contributed by atoms with Crippen molar-refractivity contribution in [3.8, 4) is 0 Å². The summed E-state index contributed by atoms with van der Waals surface area (Å²) in [5.41, 5.74) is 2.26. The largest absolute Gasteiger partial charge is 0.377 e. The summed E-state index contributed by atoms with van der Waals surface area (Å²) in [5.74, 6) is 0. The predicted molar refractivity (Wildman–Crippen MR) is 54.0 cm³/mol. The van der Waals surface area contributed by atoms with Crippen LogP contribution in [0, 0.1) is 0 Å². The van der Waals surface area contributed by atoms with Crippen molar-refractivity contribution in [3.63, 3.8) is 0 Å². The van der Waals surface area contributed by atoms with Gasteiger partial charge in [0.15, 0.2) is 0 Å². The number of allylic oxidation sites excluding steroid dienone is 2. The molecule has 0 saturated heterocycles. The Balaban J connectivity index is 2.25. The van der Waals surface area contributed by atoms with Gasteiger partial charge in [-0.2, -0.15) is 0 Å². The molecule has 2 rings (SSSR count). The molecule has 1 aromatic rings. The molecule has 0 amide bonds. The smallest absolute Gasteiger partial charge is 0.0699 e. The molecule has 0 aromatic carbocycles. The average molecular weight is 172 g/mol. The van der Waals surface area contributed by atoms with Crippen molar-refractivity contribution < 1.29 is 0 Å². The second-order valence-corrected chi connectivity index (χ2v) is 3.13. The van der Waals surface area contributed by atoms with E-state index in [2.05, 4.69) is 35.3 Å². The minimum absolute atomic E-state index is 0.961. The second kappa shape index (κ2) is 3.44. The highest BCUT2D eigenvalue weighted by Gasteiger charge is 2.02. The first-order valence-corrected chi connectivity index (χ1v) is 4.36. The van der Waals surface area contributed by atoms with Crippen LogP contribution in [0.3, 0.4) is 0 Å². The molecular formula is C11H12N2. The van der Waals surface area contributed by atoms with Crippen LogP contribution in [-0.2, 0) is 0 Å². The van der Waals surface area contributed by atoms with Gasteiger partial charge in [0.05, 0.1) is 5.69 Å². The van der Waals surface area contributed by atoms with Crippen LogP contribution in [-0.4, -0.2) is 23.5 Å². The summed E-state index contributed by atoms with van der Waals surface area (Å²) in [6.07, 6.45) is 8.17. The molecule has 2 nitrogen and oxygen atoms in total. The van der Waals surface area contributed by atoms with E-state index in [0.29, 0.717) is 0 Å². The van der Waals surface area contributed by atoms with Gasteiger partial charge in [0.2, 0.25) is 0 Å². The van der Waals surface area contributed by atoms with Gasteiger partial charge in [0.25, 0.3) is 0 Å². The highest BCUT2D eigenvalue weighted by molar-refractivity contribution is 5.72. The van der Waals surface area contributed by atoms with Gasteiger partial charge in [-0.15, -0.1) is 0 Å². The zero-order chi connectivity index (χ0) is 9.10. The number of nitrogens with zero attached hydrogens (tertiary/aromatic N) is 2. The first-order chi connectivity index (χ1) is 6.36. The summed E-state index contributed by atoms with van der Waals surface area (Å²) in [4.78, 5) is 6.42. The van der Waals surface area contributed by atoms with Crippen molar-refractivity contribution in [2.45, 2.75) is 0 Å². The molecule has 0 aliphatic carbocycles. The molecule has 0 spiro atoms. The van der Waals surface area contributed by atoms with E-state index >= 15 is 0 Å². The zero-order valence-corrected chi connectivity index (χ0v) is 7.64. The molecule has 2 heteroatoms. The lowest BCUT2D eigenvalue weighted by molar-refractivity contribution is 0.506. The highest BCUT2D eigenvalue weighted by atomic mass is 15.1. The van der Waals surface area contributed by atoms with Crippen molar-refractivity contribution in [2.75, 3.05) is 13.6 Å². The molecule has 0 fully saturated rings. The molecule has 1 aliphatic heterocycles. The lowest BCUT2D eigenvalue weighted by Crippen LogP contribution is -2.13. The maximum Gasteiger partial charge on any atom is 0.0699 e. The highest BCUT2D eigenvalue weighted by Crippen LogP contribution is 2.15. The minimum Gasteiger partial charge on any atom is -0.377 e. The van der Waals surface area contributed by atoms with E-state index in [1.165, 1.54) is 5.57 Å². The summed E-state index contributed by atoms with van der Waals surface area (Å²) in [6.45, 7) is 0.961. The Bertz CT molecular complexity index is 338. The van der Waals surface area contributed by atoms with Crippen LogP contribution in [0.1, 0.15) is 5.69 Å². The lowest BCUT2D eigenvalue weighted by Gasteiger charge is -2.16. The fourth-order valence-electron chi connectivity index (χ4n) is 1.30. The van der Waals surface area contributed by atoms with Crippen LogP contribution < -0.4 is 0 Å². The van der Waals surface area contributed by atoms with Crippen LogP contribution in [0.4, 0.5) is 0 Å². The fourth-order valence-corrected chi connectivity index (χ4v) is 1.30. The van der Waals surface area contributed by atoms with Gasteiger partial charge < -0.3 is 4.90 Å². The Morgan fingerprint density at radius 1 is 1.38 bits per heavy atom. The normalized spacial score (nSPS) is 15.8. The summed E-state index contributed by atoms with van der Waals surface area (Å²) in [5, 5.41) is 0. The molecule has 66 valence electrons. The molecular weight excluding hydrogens is 160 g/mol. The number of aromatic nitrogens is 1. The van der Waals surface area contributed by atoms with Gasteiger partial charge in [0.1, 0.15) is 0 Å². The van der Waals surface area contributed by atoms with Crippen molar-refractivity contribution in [1.29, 1.82) is 0 Å². The van der Waals surface area contributed by atoms with E-state index in [4.69, 9.17) is 0 Å². The first kappa shape index (κ1) is 8.05. The topological polar surface area (TPSA) is 16.1 Å². The number of rotatable bonds is 1. The van der Waals surface area contributed by atoms with Gasteiger partial charge >= 0.3 is 0 Å². The number of hydrogen-bond donors (Lipinski definition) is 0. The quantitative estimate of drug-likeness (QED) is 0.643. The molecule has 0 atom stereocenters. The van der Waals surface area contributed by atoms with Gasteiger partial charge in [-0.3, -0.25) is 4.98 Å². The molecule has 0 bridgehead atoms. The molecule has 2 heterocycles. The van der Waals surface area contributed by atoms with Crippen LogP contribution in [0.5, 0.6) is 0 Å². The number of hydrogen-bond acceptors (Lipinski definition) is 2. The Kier molecular flexibility index (Phi) is 2.13. The van der Waals surface area contributed by atoms with E-state index < -0.39 is 0 Å². The van der Waals surface area contributed by atoms with Crippen LogP contribution >= 0.6 is 0 Å². The Labute approximate surface area is 78.2 Å². The average Bonchev–Trinajstić information content (AvgIpc) is 2.20.